The SMILES string of the molecule is CCCn1nc(C)c(C(=O)Nc2ccc(N3CCCCC3)nc2)c1C. The number of anilines is 2. The lowest BCUT2D eigenvalue weighted by atomic mass is 10.1. The monoisotopic (exact) mass is 341 g/mol. The third-order valence-electron chi connectivity index (χ3n) is 4.73. The molecule has 1 saturated heterocycles. The number of pyridine rings is 1. The van der Waals surface area contributed by atoms with Gasteiger partial charge in [-0.05, 0) is 51.7 Å². The molecule has 0 bridgehead atoms. The highest BCUT2D eigenvalue weighted by Crippen LogP contribution is 2.20. The number of carbonyl (C=O) groups excluding carboxylic acids is 1. The Balaban J connectivity index is 1.71. The zero-order valence-corrected chi connectivity index (χ0v) is 15.4. The highest BCUT2D eigenvalue weighted by Gasteiger charge is 2.19. The van der Waals surface area contributed by atoms with Gasteiger partial charge in [-0.15, -0.1) is 0 Å². The van der Waals surface area contributed by atoms with Crippen molar-refractivity contribution in [3.05, 3.63) is 35.3 Å². The van der Waals surface area contributed by atoms with Gasteiger partial charge in [0.2, 0.25) is 0 Å². The molecule has 0 saturated carbocycles. The summed E-state index contributed by atoms with van der Waals surface area (Å²) >= 11 is 0. The van der Waals surface area contributed by atoms with Crippen LogP contribution in [0.3, 0.4) is 0 Å². The van der Waals surface area contributed by atoms with Gasteiger partial charge in [0.05, 0.1) is 23.1 Å². The van der Waals surface area contributed by atoms with Crippen LogP contribution in [0.25, 0.3) is 0 Å². The van der Waals surface area contributed by atoms with Crippen molar-refractivity contribution in [2.24, 2.45) is 0 Å². The van der Waals surface area contributed by atoms with Crippen LogP contribution < -0.4 is 10.2 Å². The van der Waals surface area contributed by atoms with Crippen LogP contribution in [0.5, 0.6) is 0 Å². The van der Waals surface area contributed by atoms with E-state index in [-0.39, 0.29) is 5.91 Å². The number of hydrogen-bond acceptors (Lipinski definition) is 4. The van der Waals surface area contributed by atoms with E-state index in [0.717, 1.165) is 43.3 Å². The Hall–Kier alpha value is -2.37. The lowest BCUT2D eigenvalue weighted by Gasteiger charge is -2.27. The maximum Gasteiger partial charge on any atom is 0.259 e. The first-order valence-electron chi connectivity index (χ1n) is 9.16. The number of nitrogens with one attached hydrogen (secondary N) is 1. The minimum absolute atomic E-state index is 0.120. The third kappa shape index (κ3) is 3.83. The smallest absolute Gasteiger partial charge is 0.259 e. The fourth-order valence-electron chi connectivity index (χ4n) is 3.42. The molecule has 3 heterocycles. The van der Waals surface area contributed by atoms with Gasteiger partial charge >= 0.3 is 0 Å². The zero-order valence-electron chi connectivity index (χ0n) is 15.4. The maximum absolute atomic E-state index is 12.7. The van der Waals surface area contributed by atoms with E-state index >= 15 is 0 Å². The van der Waals surface area contributed by atoms with E-state index in [1.54, 1.807) is 6.20 Å². The summed E-state index contributed by atoms with van der Waals surface area (Å²) in [5.41, 5.74) is 3.05. The van der Waals surface area contributed by atoms with E-state index in [1.807, 2.05) is 30.7 Å². The molecule has 1 amide bonds. The van der Waals surface area contributed by atoms with Crippen LogP contribution in [-0.2, 0) is 6.54 Å². The third-order valence-corrected chi connectivity index (χ3v) is 4.73. The fraction of sp³-hybridized carbons (Fsp3) is 0.526. The molecule has 1 aliphatic heterocycles. The van der Waals surface area contributed by atoms with E-state index < -0.39 is 0 Å². The number of nitrogens with zero attached hydrogens (tertiary/aromatic N) is 4. The van der Waals surface area contributed by atoms with Crippen molar-refractivity contribution in [2.45, 2.75) is 53.0 Å². The number of aryl methyl sites for hydroxylation is 2. The Labute approximate surface area is 149 Å². The maximum atomic E-state index is 12.7. The van der Waals surface area contributed by atoms with E-state index in [0.29, 0.717) is 11.3 Å². The molecule has 1 aliphatic rings. The molecule has 1 N–H and O–H groups in total. The number of hydrogen-bond donors (Lipinski definition) is 1. The summed E-state index contributed by atoms with van der Waals surface area (Å²) in [4.78, 5) is 19.5. The number of rotatable bonds is 5. The molecular formula is C19H27N5O. The first-order chi connectivity index (χ1) is 12.1. The summed E-state index contributed by atoms with van der Waals surface area (Å²) in [6, 6.07) is 3.91. The predicted molar refractivity (Wildman–Crippen MR) is 100 cm³/mol. The fourth-order valence-corrected chi connectivity index (χ4v) is 3.42. The molecule has 134 valence electrons. The minimum Gasteiger partial charge on any atom is -0.357 e. The van der Waals surface area contributed by atoms with Gasteiger partial charge in [0.25, 0.3) is 5.91 Å². The molecule has 0 spiro atoms. The molecule has 0 unspecified atom stereocenters. The van der Waals surface area contributed by atoms with Crippen molar-refractivity contribution in [1.29, 1.82) is 0 Å². The lowest BCUT2D eigenvalue weighted by Crippen LogP contribution is -2.30. The molecule has 0 radical (unpaired) electrons. The molecule has 2 aromatic rings. The molecule has 2 aromatic heterocycles. The van der Waals surface area contributed by atoms with Gasteiger partial charge in [0.15, 0.2) is 0 Å². The second kappa shape index (κ2) is 7.68. The normalized spacial score (nSPS) is 14.6. The molecule has 0 aromatic carbocycles. The van der Waals surface area contributed by atoms with Gasteiger partial charge in [0, 0.05) is 25.3 Å². The van der Waals surface area contributed by atoms with Crippen molar-refractivity contribution < 1.29 is 4.79 Å². The summed E-state index contributed by atoms with van der Waals surface area (Å²) in [6.07, 6.45) is 6.48. The van der Waals surface area contributed by atoms with Crippen LogP contribution >= 0.6 is 0 Å². The molecule has 6 heteroatoms. The van der Waals surface area contributed by atoms with Gasteiger partial charge in [0.1, 0.15) is 5.82 Å². The average Bonchev–Trinajstić information content (AvgIpc) is 2.90. The van der Waals surface area contributed by atoms with E-state index in [4.69, 9.17) is 0 Å². The summed E-state index contributed by atoms with van der Waals surface area (Å²) in [6.45, 7) is 8.88. The largest absolute Gasteiger partial charge is 0.357 e. The second-order valence-corrected chi connectivity index (χ2v) is 6.68. The molecular weight excluding hydrogens is 314 g/mol. The van der Waals surface area contributed by atoms with Crippen LogP contribution in [0.1, 0.15) is 54.4 Å². The first kappa shape index (κ1) is 17.5. The minimum atomic E-state index is -0.120. The Morgan fingerprint density at radius 3 is 2.60 bits per heavy atom. The molecule has 3 rings (SSSR count). The van der Waals surface area contributed by atoms with Crippen molar-refractivity contribution in [3.8, 4) is 0 Å². The quantitative estimate of drug-likeness (QED) is 0.903. The molecule has 0 atom stereocenters. The van der Waals surface area contributed by atoms with Gasteiger partial charge in [-0.25, -0.2) is 4.98 Å². The first-order valence-corrected chi connectivity index (χ1v) is 9.16. The van der Waals surface area contributed by atoms with Crippen molar-refractivity contribution in [1.82, 2.24) is 14.8 Å². The highest BCUT2D eigenvalue weighted by molar-refractivity contribution is 6.05. The molecule has 25 heavy (non-hydrogen) atoms. The Morgan fingerprint density at radius 2 is 1.96 bits per heavy atom. The van der Waals surface area contributed by atoms with Gasteiger partial charge in [-0.3, -0.25) is 9.48 Å². The summed E-state index contributed by atoms with van der Waals surface area (Å²) < 4.78 is 1.90. The van der Waals surface area contributed by atoms with Gasteiger partial charge in [-0.1, -0.05) is 6.92 Å². The van der Waals surface area contributed by atoms with Crippen molar-refractivity contribution in [3.63, 3.8) is 0 Å². The van der Waals surface area contributed by atoms with Crippen molar-refractivity contribution >= 4 is 17.4 Å². The van der Waals surface area contributed by atoms with Gasteiger partial charge < -0.3 is 10.2 Å². The Kier molecular flexibility index (Phi) is 5.36. The average molecular weight is 341 g/mol. The van der Waals surface area contributed by atoms with E-state index in [1.165, 1.54) is 19.3 Å². The second-order valence-electron chi connectivity index (χ2n) is 6.68. The van der Waals surface area contributed by atoms with Crippen LogP contribution in [0.15, 0.2) is 18.3 Å². The number of carbonyl (C=O) groups is 1. The summed E-state index contributed by atoms with van der Waals surface area (Å²) in [7, 11) is 0. The highest BCUT2D eigenvalue weighted by atomic mass is 16.1. The summed E-state index contributed by atoms with van der Waals surface area (Å²) in [5.74, 6) is 0.866. The molecule has 0 aliphatic carbocycles. The molecule has 1 fully saturated rings. The zero-order chi connectivity index (χ0) is 17.8. The number of aromatic nitrogens is 3. The van der Waals surface area contributed by atoms with Crippen molar-refractivity contribution in [2.75, 3.05) is 23.3 Å². The van der Waals surface area contributed by atoms with E-state index in [9.17, 15) is 4.79 Å². The topological polar surface area (TPSA) is 63.1 Å². The predicted octanol–water partition coefficient (Wildman–Crippen LogP) is 3.55. The van der Waals surface area contributed by atoms with Crippen LogP contribution in [0, 0.1) is 13.8 Å². The van der Waals surface area contributed by atoms with Crippen LogP contribution in [0.4, 0.5) is 11.5 Å². The van der Waals surface area contributed by atoms with Crippen LogP contribution in [0.2, 0.25) is 0 Å². The Bertz CT molecular complexity index is 729. The number of piperidine rings is 1. The summed E-state index contributed by atoms with van der Waals surface area (Å²) in [5, 5.41) is 7.42. The van der Waals surface area contributed by atoms with E-state index in [2.05, 4.69) is 27.2 Å². The molecule has 6 nitrogen and oxygen atoms in total. The lowest BCUT2D eigenvalue weighted by molar-refractivity contribution is 0.102. The van der Waals surface area contributed by atoms with Gasteiger partial charge in [-0.2, -0.15) is 5.10 Å². The number of amides is 1. The van der Waals surface area contributed by atoms with Crippen LogP contribution in [-0.4, -0.2) is 33.8 Å². The Morgan fingerprint density at radius 1 is 1.20 bits per heavy atom. The standard InChI is InChI=1S/C19H27N5O/c1-4-10-24-15(3)18(14(2)22-24)19(25)21-16-8-9-17(20-13-16)23-11-6-5-7-12-23/h8-9,13H,4-7,10-12H2,1-3H3,(H,21,25).